The van der Waals surface area contributed by atoms with Crippen LogP contribution in [0.2, 0.25) is 0 Å². The molecule has 2 fully saturated rings. The Balaban J connectivity index is 1.14. The number of hydrogen-bond donors (Lipinski definition) is 1. The van der Waals surface area contributed by atoms with Crippen LogP contribution in [0.1, 0.15) is 37.8 Å². The average molecular weight is 470 g/mol. The molecule has 1 aliphatic carbocycles. The standard InChI is InChI=1S/C23H31N7O2S/c1-29(23-21-6-8-26-22(21)27-16-28-23)20-4-2-17(3-5-20)15-33(31,32)30-11-7-18(14-30)12-19-13-24-9-10-25-19/h6,8-10,13,16-18,20H,2-5,7,11-12,14-15H2,1H3,(H,26,27,28)/t17-,18?,20-. The summed E-state index contributed by atoms with van der Waals surface area (Å²) in [5.41, 5.74) is 1.78. The monoisotopic (exact) mass is 469 g/mol. The summed E-state index contributed by atoms with van der Waals surface area (Å²) in [6, 6.07) is 2.37. The maximum Gasteiger partial charge on any atom is 0.214 e. The molecule has 9 nitrogen and oxygen atoms in total. The number of nitrogens with zero attached hydrogens (tertiary/aromatic N) is 6. The van der Waals surface area contributed by atoms with E-state index in [1.165, 1.54) is 0 Å². The van der Waals surface area contributed by atoms with Crippen LogP contribution in [-0.4, -0.2) is 69.6 Å². The van der Waals surface area contributed by atoms with Crippen molar-refractivity contribution in [2.24, 2.45) is 11.8 Å². The lowest BCUT2D eigenvalue weighted by Crippen LogP contribution is -2.39. The smallest absolute Gasteiger partial charge is 0.214 e. The Morgan fingerprint density at radius 1 is 1.09 bits per heavy atom. The van der Waals surface area contributed by atoms with Crippen molar-refractivity contribution < 1.29 is 8.42 Å². The van der Waals surface area contributed by atoms with Crippen LogP contribution in [0.25, 0.3) is 11.0 Å². The van der Waals surface area contributed by atoms with E-state index >= 15 is 0 Å². The molecular weight excluding hydrogens is 438 g/mol. The van der Waals surface area contributed by atoms with Crippen molar-refractivity contribution >= 4 is 26.9 Å². The van der Waals surface area contributed by atoms with Crippen LogP contribution in [-0.2, 0) is 16.4 Å². The van der Waals surface area contributed by atoms with Gasteiger partial charge in [-0.3, -0.25) is 9.97 Å². The van der Waals surface area contributed by atoms with E-state index in [0.29, 0.717) is 25.0 Å². The first-order valence-corrected chi connectivity index (χ1v) is 13.3. The van der Waals surface area contributed by atoms with Gasteiger partial charge in [-0.25, -0.2) is 22.7 Å². The minimum Gasteiger partial charge on any atom is -0.356 e. The molecule has 1 atom stereocenters. The Labute approximate surface area is 194 Å². The molecule has 10 heteroatoms. The highest BCUT2D eigenvalue weighted by Crippen LogP contribution is 2.33. The van der Waals surface area contributed by atoms with E-state index in [2.05, 4.69) is 36.9 Å². The number of nitrogens with one attached hydrogen (secondary N) is 1. The number of anilines is 1. The maximum atomic E-state index is 13.1. The first-order valence-electron chi connectivity index (χ1n) is 11.7. The fourth-order valence-corrected chi connectivity index (χ4v) is 7.32. The summed E-state index contributed by atoms with van der Waals surface area (Å²) in [6.45, 7) is 1.21. The summed E-state index contributed by atoms with van der Waals surface area (Å²) in [5.74, 6) is 1.73. The molecule has 0 bridgehead atoms. The van der Waals surface area contributed by atoms with Gasteiger partial charge in [0.15, 0.2) is 0 Å². The maximum absolute atomic E-state index is 13.1. The Hall–Kier alpha value is -2.59. The number of H-pyrrole nitrogens is 1. The lowest BCUT2D eigenvalue weighted by Gasteiger charge is -2.35. The molecule has 1 aliphatic heterocycles. The second kappa shape index (κ2) is 9.34. The fraction of sp³-hybridized carbons (Fsp3) is 0.565. The van der Waals surface area contributed by atoms with Gasteiger partial charge in [-0.15, -0.1) is 0 Å². The minimum atomic E-state index is -3.24. The van der Waals surface area contributed by atoms with Crippen molar-refractivity contribution in [2.75, 3.05) is 30.8 Å². The quantitative estimate of drug-likeness (QED) is 0.567. The highest BCUT2D eigenvalue weighted by atomic mass is 32.2. The molecule has 1 unspecified atom stereocenters. The van der Waals surface area contributed by atoms with Crippen molar-refractivity contribution in [3.63, 3.8) is 0 Å². The molecule has 3 aromatic rings. The van der Waals surface area contributed by atoms with Crippen molar-refractivity contribution in [3.05, 3.63) is 42.9 Å². The molecule has 1 saturated heterocycles. The molecule has 1 N–H and O–H groups in total. The van der Waals surface area contributed by atoms with Gasteiger partial charge in [0, 0.05) is 51.0 Å². The molecule has 0 radical (unpaired) electrons. The molecule has 33 heavy (non-hydrogen) atoms. The number of fused-ring (bicyclic) bond motifs is 1. The zero-order chi connectivity index (χ0) is 22.8. The third-order valence-corrected chi connectivity index (χ3v) is 9.24. The van der Waals surface area contributed by atoms with Crippen LogP contribution in [0.4, 0.5) is 5.82 Å². The largest absolute Gasteiger partial charge is 0.356 e. The zero-order valence-electron chi connectivity index (χ0n) is 19.0. The van der Waals surface area contributed by atoms with Crippen molar-refractivity contribution in [2.45, 2.75) is 44.6 Å². The van der Waals surface area contributed by atoms with Gasteiger partial charge in [-0.1, -0.05) is 0 Å². The first kappa shape index (κ1) is 22.2. The van der Waals surface area contributed by atoms with Gasteiger partial charge in [0.1, 0.15) is 17.8 Å². The topological polar surface area (TPSA) is 108 Å². The summed E-state index contributed by atoms with van der Waals surface area (Å²) in [7, 11) is -1.16. The van der Waals surface area contributed by atoms with Gasteiger partial charge >= 0.3 is 0 Å². The molecule has 2 aliphatic rings. The molecule has 0 aromatic carbocycles. The Bertz CT molecular complexity index is 1180. The lowest BCUT2D eigenvalue weighted by atomic mass is 9.86. The normalized spacial score (nSPS) is 24.3. The Kier molecular flexibility index (Phi) is 6.29. The number of aromatic amines is 1. The van der Waals surface area contributed by atoms with Gasteiger partial charge in [0.2, 0.25) is 10.0 Å². The summed E-state index contributed by atoms with van der Waals surface area (Å²) in [6.07, 6.45) is 14.1. The van der Waals surface area contributed by atoms with E-state index in [9.17, 15) is 8.42 Å². The number of sulfonamides is 1. The van der Waals surface area contributed by atoms with Gasteiger partial charge in [-0.2, -0.15) is 0 Å². The predicted octanol–water partition coefficient (Wildman–Crippen LogP) is 2.64. The van der Waals surface area contributed by atoms with Crippen LogP contribution in [0, 0.1) is 11.8 Å². The summed E-state index contributed by atoms with van der Waals surface area (Å²) in [4.78, 5) is 22.6. The van der Waals surface area contributed by atoms with Gasteiger partial charge in [0.25, 0.3) is 0 Å². The van der Waals surface area contributed by atoms with Gasteiger partial charge in [-0.05, 0) is 56.4 Å². The second-order valence-electron chi connectivity index (χ2n) is 9.41. The molecule has 0 amide bonds. The molecule has 3 aromatic heterocycles. The first-order chi connectivity index (χ1) is 16.0. The second-order valence-corrected chi connectivity index (χ2v) is 11.4. The summed E-state index contributed by atoms with van der Waals surface area (Å²) in [5, 5.41) is 1.02. The molecule has 0 spiro atoms. The summed E-state index contributed by atoms with van der Waals surface area (Å²) >= 11 is 0. The molecule has 1 saturated carbocycles. The third kappa shape index (κ3) is 4.86. The van der Waals surface area contributed by atoms with E-state index in [1.54, 1.807) is 29.2 Å². The summed E-state index contributed by atoms with van der Waals surface area (Å²) < 4.78 is 27.9. The van der Waals surface area contributed by atoms with E-state index in [0.717, 1.165) is 61.1 Å². The van der Waals surface area contributed by atoms with E-state index in [1.807, 2.05) is 12.3 Å². The van der Waals surface area contributed by atoms with E-state index in [-0.39, 0.29) is 11.7 Å². The predicted molar refractivity (Wildman–Crippen MR) is 127 cm³/mol. The highest BCUT2D eigenvalue weighted by molar-refractivity contribution is 7.89. The molecule has 176 valence electrons. The van der Waals surface area contributed by atoms with Crippen molar-refractivity contribution in [3.8, 4) is 0 Å². The lowest BCUT2D eigenvalue weighted by molar-refractivity contribution is 0.335. The molecule has 5 rings (SSSR count). The van der Waals surface area contributed by atoms with E-state index < -0.39 is 10.0 Å². The number of hydrogen-bond acceptors (Lipinski definition) is 7. The molecular formula is C23H31N7O2S. The zero-order valence-corrected chi connectivity index (χ0v) is 19.8. The molecule has 4 heterocycles. The van der Waals surface area contributed by atoms with Gasteiger partial charge < -0.3 is 9.88 Å². The van der Waals surface area contributed by atoms with Crippen LogP contribution in [0.15, 0.2) is 37.2 Å². The Morgan fingerprint density at radius 3 is 2.73 bits per heavy atom. The minimum absolute atomic E-state index is 0.219. The van der Waals surface area contributed by atoms with E-state index in [4.69, 9.17) is 0 Å². The van der Waals surface area contributed by atoms with Crippen LogP contribution >= 0.6 is 0 Å². The van der Waals surface area contributed by atoms with Crippen molar-refractivity contribution in [1.29, 1.82) is 0 Å². The number of rotatable bonds is 7. The van der Waals surface area contributed by atoms with Crippen LogP contribution < -0.4 is 4.90 Å². The number of aromatic nitrogens is 5. The van der Waals surface area contributed by atoms with Crippen LogP contribution in [0.5, 0.6) is 0 Å². The average Bonchev–Trinajstić information content (AvgIpc) is 3.49. The highest BCUT2D eigenvalue weighted by Gasteiger charge is 2.35. The van der Waals surface area contributed by atoms with Crippen LogP contribution in [0.3, 0.4) is 0 Å². The van der Waals surface area contributed by atoms with Crippen molar-refractivity contribution in [1.82, 2.24) is 29.2 Å². The SMILES string of the molecule is CN(c1ncnc2[nH]ccc12)[C@H]1CC[C@H](CS(=O)(=O)N2CCC(Cc3cnccn3)C2)CC1. The third-order valence-electron chi connectivity index (χ3n) is 7.23. The van der Waals surface area contributed by atoms with Gasteiger partial charge in [0.05, 0.1) is 16.8 Å². The Morgan fingerprint density at radius 2 is 1.94 bits per heavy atom. The fourth-order valence-electron chi connectivity index (χ4n) is 5.36.